The van der Waals surface area contributed by atoms with Crippen LogP contribution in [0.2, 0.25) is 0 Å². The van der Waals surface area contributed by atoms with E-state index in [0.717, 1.165) is 31.7 Å². The maximum atomic E-state index is 12.2. The summed E-state index contributed by atoms with van der Waals surface area (Å²) in [6.45, 7) is 7.23. The van der Waals surface area contributed by atoms with Crippen LogP contribution in [0.5, 0.6) is 0 Å². The molecule has 0 unspecified atom stereocenters. The Morgan fingerprint density at radius 3 is 2.20 bits per heavy atom. The maximum absolute atomic E-state index is 12.2. The van der Waals surface area contributed by atoms with E-state index in [1.165, 1.54) is 5.56 Å². The Labute approximate surface area is 150 Å². The average Bonchev–Trinajstić information content (AvgIpc) is 2.68. The quantitative estimate of drug-likeness (QED) is 0.880. The molecule has 0 aromatic heterocycles. The third-order valence-electron chi connectivity index (χ3n) is 4.94. The molecule has 1 aliphatic heterocycles. The lowest BCUT2D eigenvalue weighted by Crippen LogP contribution is -2.49. The second-order valence-electron chi connectivity index (χ2n) is 6.66. The average molecular weight is 337 g/mol. The minimum absolute atomic E-state index is 0.105. The zero-order chi connectivity index (χ0) is 17.5. The molecule has 1 N–H and O–H groups in total. The fraction of sp³-hybridized carbons (Fsp3) is 0.381. The lowest BCUT2D eigenvalue weighted by atomic mass is 10.1. The van der Waals surface area contributed by atoms with Crippen LogP contribution in [0.3, 0.4) is 0 Å². The first kappa shape index (κ1) is 17.6. The topological polar surface area (TPSA) is 35.6 Å². The van der Waals surface area contributed by atoms with E-state index in [-0.39, 0.29) is 5.91 Å². The zero-order valence-electron chi connectivity index (χ0n) is 14.9. The van der Waals surface area contributed by atoms with Crippen molar-refractivity contribution in [3.63, 3.8) is 0 Å². The van der Waals surface area contributed by atoms with Gasteiger partial charge in [-0.15, -0.1) is 0 Å². The van der Waals surface area contributed by atoms with Crippen LogP contribution < -0.4 is 5.32 Å². The molecule has 2 aromatic rings. The Kier molecular flexibility index (Phi) is 6.20. The van der Waals surface area contributed by atoms with Crippen molar-refractivity contribution >= 4 is 5.91 Å². The number of hydrogen-bond acceptors (Lipinski definition) is 3. The SMILES string of the molecule is C[C@H](c1ccccc1)N1CCN(CC(=O)NCc2ccccc2)CC1. The van der Waals surface area contributed by atoms with Crippen molar-refractivity contribution < 1.29 is 4.79 Å². The summed E-state index contributed by atoms with van der Waals surface area (Å²) >= 11 is 0. The van der Waals surface area contributed by atoms with Crippen molar-refractivity contribution in [1.29, 1.82) is 0 Å². The number of amides is 1. The van der Waals surface area contributed by atoms with Crippen LogP contribution in [0.15, 0.2) is 60.7 Å². The van der Waals surface area contributed by atoms with Gasteiger partial charge in [0.15, 0.2) is 0 Å². The lowest BCUT2D eigenvalue weighted by molar-refractivity contribution is -0.122. The standard InChI is InChI=1S/C21H27N3O/c1-18(20-10-6-3-7-11-20)24-14-12-23(13-15-24)17-21(25)22-16-19-8-4-2-5-9-19/h2-11,18H,12-17H2,1H3,(H,22,25)/t18-/m1/s1. The highest BCUT2D eigenvalue weighted by Crippen LogP contribution is 2.21. The molecule has 1 amide bonds. The molecule has 0 bridgehead atoms. The molecule has 25 heavy (non-hydrogen) atoms. The Hall–Kier alpha value is -2.17. The maximum Gasteiger partial charge on any atom is 0.234 e. The first-order valence-electron chi connectivity index (χ1n) is 9.04. The highest BCUT2D eigenvalue weighted by molar-refractivity contribution is 5.78. The van der Waals surface area contributed by atoms with Crippen molar-refractivity contribution in [2.75, 3.05) is 32.7 Å². The molecule has 1 atom stereocenters. The summed E-state index contributed by atoms with van der Waals surface area (Å²) in [4.78, 5) is 16.9. The minimum atomic E-state index is 0.105. The van der Waals surface area contributed by atoms with Gasteiger partial charge in [-0.25, -0.2) is 0 Å². The van der Waals surface area contributed by atoms with Gasteiger partial charge in [-0.1, -0.05) is 60.7 Å². The van der Waals surface area contributed by atoms with Gasteiger partial charge in [0.1, 0.15) is 0 Å². The molecule has 0 radical (unpaired) electrons. The van der Waals surface area contributed by atoms with E-state index >= 15 is 0 Å². The predicted molar refractivity (Wildman–Crippen MR) is 101 cm³/mol. The Morgan fingerprint density at radius 2 is 1.56 bits per heavy atom. The monoisotopic (exact) mass is 337 g/mol. The van der Waals surface area contributed by atoms with Crippen LogP contribution >= 0.6 is 0 Å². The van der Waals surface area contributed by atoms with E-state index < -0.39 is 0 Å². The molecule has 0 saturated carbocycles. The Bertz CT molecular complexity index is 651. The van der Waals surface area contributed by atoms with Crippen LogP contribution in [0.25, 0.3) is 0 Å². The van der Waals surface area contributed by atoms with Crippen molar-refractivity contribution in [3.8, 4) is 0 Å². The molecule has 4 heteroatoms. The summed E-state index contributed by atoms with van der Waals surface area (Å²) < 4.78 is 0. The number of piperazine rings is 1. The third-order valence-corrected chi connectivity index (χ3v) is 4.94. The summed E-state index contributed by atoms with van der Waals surface area (Å²) in [6.07, 6.45) is 0. The second kappa shape index (κ2) is 8.79. The number of hydrogen-bond donors (Lipinski definition) is 1. The van der Waals surface area contributed by atoms with Crippen LogP contribution in [0.1, 0.15) is 24.1 Å². The van der Waals surface area contributed by atoms with Crippen molar-refractivity contribution in [1.82, 2.24) is 15.1 Å². The van der Waals surface area contributed by atoms with Gasteiger partial charge in [0.2, 0.25) is 5.91 Å². The second-order valence-corrected chi connectivity index (χ2v) is 6.66. The number of nitrogens with zero attached hydrogens (tertiary/aromatic N) is 2. The van der Waals surface area contributed by atoms with Gasteiger partial charge in [0, 0.05) is 38.8 Å². The molecule has 1 fully saturated rings. The van der Waals surface area contributed by atoms with Gasteiger partial charge in [-0.05, 0) is 18.1 Å². The van der Waals surface area contributed by atoms with E-state index in [2.05, 4.69) is 52.4 Å². The first-order valence-corrected chi connectivity index (χ1v) is 9.04. The highest BCUT2D eigenvalue weighted by atomic mass is 16.2. The zero-order valence-corrected chi connectivity index (χ0v) is 14.9. The van der Waals surface area contributed by atoms with Crippen LogP contribution in [-0.2, 0) is 11.3 Å². The van der Waals surface area contributed by atoms with Crippen molar-refractivity contribution in [3.05, 3.63) is 71.8 Å². The molecular weight excluding hydrogens is 310 g/mol. The van der Waals surface area contributed by atoms with Crippen molar-refractivity contribution in [2.24, 2.45) is 0 Å². The molecule has 1 aliphatic rings. The largest absolute Gasteiger partial charge is 0.351 e. The van der Waals surface area contributed by atoms with E-state index in [1.54, 1.807) is 0 Å². The first-order chi connectivity index (χ1) is 12.2. The molecule has 2 aromatic carbocycles. The lowest BCUT2D eigenvalue weighted by Gasteiger charge is -2.38. The van der Waals surface area contributed by atoms with Gasteiger partial charge in [-0.2, -0.15) is 0 Å². The summed E-state index contributed by atoms with van der Waals surface area (Å²) in [5.41, 5.74) is 2.49. The summed E-state index contributed by atoms with van der Waals surface area (Å²) in [6, 6.07) is 21.1. The van der Waals surface area contributed by atoms with Gasteiger partial charge in [0.05, 0.1) is 6.54 Å². The van der Waals surface area contributed by atoms with Crippen LogP contribution in [0.4, 0.5) is 0 Å². The predicted octanol–water partition coefficient (Wildman–Crippen LogP) is 2.68. The molecule has 4 nitrogen and oxygen atoms in total. The van der Waals surface area contributed by atoms with Crippen LogP contribution in [0, 0.1) is 0 Å². The van der Waals surface area contributed by atoms with Crippen molar-refractivity contribution in [2.45, 2.75) is 19.5 Å². The van der Waals surface area contributed by atoms with Gasteiger partial charge < -0.3 is 5.32 Å². The summed E-state index contributed by atoms with van der Waals surface area (Å²) in [5.74, 6) is 0.105. The number of rotatable bonds is 6. The molecule has 1 heterocycles. The molecule has 1 saturated heterocycles. The highest BCUT2D eigenvalue weighted by Gasteiger charge is 2.22. The fourth-order valence-corrected chi connectivity index (χ4v) is 3.31. The van der Waals surface area contributed by atoms with Crippen LogP contribution in [-0.4, -0.2) is 48.4 Å². The molecule has 0 aliphatic carbocycles. The Balaban J connectivity index is 1.41. The summed E-state index contributed by atoms with van der Waals surface area (Å²) in [7, 11) is 0. The fourth-order valence-electron chi connectivity index (χ4n) is 3.31. The molecular formula is C21H27N3O. The van der Waals surface area contributed by atoms with E-state index in [0.29, 0.717) is 19.1 Å². The number of carbonyl (C=O) groups excluding carboxylic acids is 1. The van der Waals surface area contributed by atoms with Gasteiger partial charge in [-0.3, -0.25) is 14.6 Å². The number of carbonyl (C=O) groups is 1. The van der Waals surface area contributed by atoms with E-state index in [4.69, 9.17) is 0 Å². The van der Waals surface area contributed by atoms with E-state index in [9.17, 15) is 4.79 Å². The molecule has 3 rings (SSSR count). The molecule has 0 spiro atoms. The van der Waals surface area contributed by atoms with E-state index in [1.807, 2.05) is 30.3 Å². The van der Waals surface area contributed by atoms with Gasteiger partial charge in [0.25, 0.3) is 0 Å². The summed E-state index contributed by atoms with van der Waals surface area (Å²) in [5, 5.41) is 3.01. The number of nitrogens with one attached hydrogen (secondary N) is 1. The molecule has 132 valence electrons. The van der Waals surface area contributed by atoms with Gasteiger partial charge >= 0.3 is 0 Å². The normalized spacial score (nSPS) is 17.2. The smallest absolute Gasteiger partial charge is 0.234 e. The number of benzene rings is 2. The Morgan fingerprint density at radius 1 is 0.960 bits per heavy atom. The third kappa shape index (κ3) is 5.15. The minimum Gasteiger partial charge on any atom is -0.351 e.